The smallest absolute Gasteiger partial charge is 0.320 e. The van der Waals surface area contributed by atoms with E-state index in [2.05, 4.69) is 5.32 Å². The van der Waals surface area contributed by atoms with Crippen LogP contribution in [0.5, 0.6) is 0 Å². The predicted molar refractivity (Wildman–Crippen MR) is 50.3 cm³/mol. The van der Waals surface area contributed by atoms with Gasteiger partial charge in [0.1, 0.15) is 17.7 Å². The predicted octanol–water partition coefficient (Wildman–Crippen LogP) is 1.53. The number of aliphatic carboxylic acids is 1. The number of carboxylic acid groups (broad SMARTS) is 1. The molecule has 0 spiro atoms. The second kappa shape index (κ2) is 4.84. The van der Waals surface area contributed by atoms with Gasteiger partial charge >= 0.3 is 5.97 Å². The van der Waals surface area contributed by atoms with Crippen molar-refractivity contribution in [2.75, 3.05) is 0 Å². The Bertz CT molecular complexity index is 348. The van der Waals surface area contributed by atoms with E-state index >= 15 is 0 Å². The molecule has 0 aromatic heterocycles. The highest BCUT2D eigenvalue weighted by atomic mass is 19.1. The molecule has 0 amide bonds. The van der Waals surface area contributed by atoms with Crippen molar-refractivity contribution in [2.45, 2.75) is 19.5 Å². The van der Waals surface area contributed by atoms with Crippen molar-refractivity contribution in [1.29, 1.82) is 0 Å². The summed E-state index contributed by atoms with van der Waals surface area (Å²) in [5, 5.41) is 11.0. The van der Waals surface area contributed by atoms with Crippen LogP contribution in [0.15, 0.2) is 18.2 Å². The zero-order valence-electron chi connectivity index (χ0n) is 8.13. The summed E-state index contributed by atoms with van der Waals surface area (Å²) < 4.78 is 26.1. The number of carboxylic acids is 1. The zero-order valence-corrected chi connectivity index (χ0v) is 8.13. The lowest BCUT2D eigenvalue weighted by Gasteiger charge is -2.10. The van der Waals surface area contributed by atoms with Crippen LogP contribution in [-0.4, -0.2) is 17.1 Å². The van der Waals surface area contributed by atoms with Gasteiger partial charge in [-0.25, -0.2) is 8.78 Å². The number of nitrogens with one attached hydrogen (secondary N) is 1. The maximum Gasteiger partial charge on any atom is 0.320 e. The summed E-state index contributed by atoms with van der Waals surface area (Å²) in [7, 11) is 0. The molecule has 0 aliphatic rings. The molecule has 0 aliphatic carbocycles. The summed E-state index contributed by atoms with van der Waals surface area (Å²) in [6, 6.07) is 2.68. The maximum atomic E-state index is 13.1. The van der Waals surface area contributed by atoms with Gasteiger partial charge in [0.25, 0.3) is 0 Å². The quantitative estimate of drug-likeness (QED) is 0.800. The van der Waals surface area contributed by atoms with Crippen LogP contribution in [0.1, 0.15) is 12.5 Å². The fourth-order valence-electron chi connectivity index (χ4n) is 1.04. The third-order valence-electron chi connectivity index (χ3n) is 2.02. The van der Waals surface area contributed by atoms with E-state index in [0.717, 1.165) is 12.1 Å². The largest absolute Gasteiger partial charge is 0.480 e. The number of benzene rings is 1. The van der Waals surface area contributed by atoms with Crippen LogP contribution in [0, 0.1) is 11.6 Å². The third kappa shape index (κ3) is 2.99. The molecule has 1 atom stereocenters. The Balaban J connectivity index is 2.69. The van der Waals surface area contributed by atoms with E-state index in [1.807, 2.05) is 0 Å². The molecule has 0 saturated carbocycles. The fraction of sp³-hybridized carbons (Fsp3) is 0.300. The van der Waals surface area contributed by atoms with Gasteiger partial charge in [-0.15, -0.1) is 0 Å². The Labute approximate surface area is 85.7 Å². The summed E-state index contributed by atoms with van der Waals surface area (Å²) in [6.07, 6.45) is 0. The molecule has 0 bridgehead atoms. The molecule has 5 heteroatoms. The van der Waals surface area contributed by atoms with Crippen LogP contribution < -0.4 is 5.32 Å². The molecule has 3 nitrogen and oxygen atoms in total. The van der Waals surface area contributed by atoms with Gasteiger partial charge in [-0.3, -0.25) is 4.79 Å². The highest BCUT2D eigenvalue weighted by Gasteiger charge is 2.13. The Hall–Kier alpha value is -1.49. The minimum atomic E-state index is -1.06. The van der Waals surface area contributed by atoms with Gasteiger partial charge in [-0.1, -0.05) is 6.07 Å². The van der Waals surface area contributed by atoms with Crippen molar-refractivity contribution in [3.05, 3.63) is 35.4 Å². The van der Waals surface area contributed by atoms with Crippen LogP contribution >= 0.6 is 0 Å². The summed E-state index contributed by atoms with van der Waals surface area (Å²) >= 11 is 0. The number of hydrogen-bond donors (Lipinski definition) is 2. The van der Waals surface area contributed by atoms with E-state index in [-0.39, 0.29) is 12.1 Å². The SMILES string of the molecule is C[C@@H](NCc1c(F)cccc1F)C(=O)O. The van der Waals surface area contributed by atoms with Crippen molar-refractivity contribution >= 4 is 5.97 Å². The second-order valence-corrected chi connectivity index (χ2v) is 3.14. The van der Waals surface area contributed by atoms with Gasteiger partial charge in [0.15, 0.2) is 0 Å². The lowest BCUT2D eigenvalue weighted by Crippen LogP contribution is -2.33. The van der Waals surface area contributed by atoms with E-state index < -0.39 is 23.6 Å². The number of halogens is 2. The molecular formula is C10H11F2NO2. The fourth-order valence-corrected chi connectivity index (χ4v) is 1.04. The normalized spacial score (nSPS) is 12.5. The highest BCUT2D eigenvalue weighted by molar-refractivity contribution is 5.72. The third-order valence-corrected chi connectivity index (χ3v) is 2.02. The summed E-state index contributed by atoms with van der Waals surface area (Å²) in [4.78, 5) is 10.4. The van der Waals surface area contributed by atoms with Gasteiger partial charge in [0.05, 0.1) is 0 Å². The Morgan fingerprint density at radius 1 is 1.47 bits per heavy atom. The van der Waals surface area contributed by atoms with Crippen molar-refractivity contribution in [3.8, 4) is 0 Å². The van der Waals surface area contributed by atoms with E-state index in [1.54, 1.807) is 0 Å². The van der Waals surface area contributed by atoms with Gasteiger partial charge in [-0.05, 0) is 19.1 Å². The van der Waals surface area contributed by atoms with Crippen LogP contribution in [0.2, 0.25) is 0 Å². The van der Waals surface area contributed by atoms with E-state index in [4.69, 9.17) is 5.11 Å². The lowest BCUT2D eigenvalue weighted by molar-refractivity contribution is -0.139. The topological polar surface area (TPSA) is 49.3 Å². The molecule has 15 heavy (non-hydrogen) atoms. The minimum Gasteiger partial charge on any atom is -0.480 e. The molecule has 0 fully saturated rings. The Kier molecular flexibility index (Phi) is 3.74. The number of hydrogen-bond acceptors (Lipinski definition) is 2. The lowest BCUT2D eigenvalue weighted by atomic mass is 10.2. The van der Waals surface area contributed by atoms with Crippen LogP contribution in [0.25, 0.3) is 0 Å². The zero-order chi connectivity index (χ0) is 11.4. The van der Waals surface area contributed by atoms with Gasteiger partial charge < -0.3 is 10.4 Å². The first-order chi connectivity index (χ1) is 7.02. The molecule has 1 rings (SSSR count). The molecule has 82 valence electrons. The highest BCUT2D eigenvalue weighted by Crippen LogP contribution is 2.11. The number of rotatable bonds is 4. The standard InChI is InChI=1S/C10H11F2NO2/c1-6(10(14)15)13-5-7-8(11)3-2-4-9(7)12/h2-4,6,13H,5H2,1H3,(H,14,15)/t6-/m1/s1. The molecule has 1 aromatic rings. The molecule has 0 saturated heterocycles. The first kappa shape index (κ1) is 11.6. The molecule has 0 radical (unpaired) electrons. The summed E-state index contributed by atoms with van der Waals surface area (Å²) in [5.41, 5.74) is -0.148. The van der Waals surface area contributed by atoms with E-state index in [9.17, 15) is 13.6 Å². The first-order valence-electron chi connectivity index (χ1n) is 4.41. The Morgan fingerprint density at radius 3 is 2.47 bits per heavy atom. The molecule has 0 aliphatic heterocycles. The van der Waals surface area contributed by atoms with Crippen LogP contribution in [-0.2, 0) is 11.3 Å². The van der Waals surface area contributed by atoms with Crippen molar-refractivity contribution in [3.63, 3.8) is 0 Å². The molecular weight excluding hydrogens is 204 g/mol. The molecule has 0 heterocycles. The summed E-state index contributed by atoms with van der Waals surface area (Å²) in [5.74, 6) is -2.42. The summed E-state index contributed by atoms with van der Waals surface area (Å²) in [6.45, 7) is 1.26. The van der Waals surface area contributed by atoms with Crippen LogP contribution in [0.4, 0.5) is 8.78 Å². The van der Waals surface area contributed by atoms with Gasteiger partial charge in [0.2, 0.25) is 0 Å². The molecule has 1 aromatic carbocycles. The molecule has 2 N–H and O–H groups in total. The van der Waals surface area contributed by atoms with Crippen LogP contribution in [0.3, 0.4) is 0 Å². The average molecular weight is 215 g/mol. The van der Waals surface area contributed by atoms with E-state index in [1.165, 1.54) is 13.0 Å². The second-order valence-electron chi connectivity index (χ2n) is 3.14. The van der Waals surface area contributed by atoms with Crippen molar-refractivity contribution in [1.82, 2.24) is 5.32 Å². The Morgan fingerprint density at radius 2 is 2.00 bits per heavy atom. The molecule has 0 unspecified atom stereocenters. The van der Waals surface area contributed by atoms with Gasteiger partial charge in [0, 0.05) is 12.1 Å². The van der Waals surface area contributed by atoms with E-state index in [0.29, 0.717) is 0 Å². The number of carbonyl (C=O) groups is 1. The monoisotopic (exact) mass is 215 g/mol. The van der Waals surface area contributed by atoms with Crippen molar-refractivity contribution in [2.24, 2.45) is 0 Å². The maximum absolute atomic E-state index is 13.1. The first-order valence-corrected chi connectivity index (χ1v) is 4.41. The minimum absolute atomic E-state index is 0.147. The van der Waals surface area contributed by atoms with Crippen molar-refractivity contribution < 1.29 is 18.7 Å². The average Bonchev–Trinajstić information content (AvgIpc) is 2.16. The van der Waals surface area contributed by atoms with Gasteiger partial charge in [-0.2, -0.15) is 0 Å².